The summed E-state index contributed by atoms with van der Waals surface area (Å²) in [6.45, 7) is 0. The predicted molar refractivity (Wildman–Crippen MR) is 115 cm³/mol. The highest BCUT2D eigenvalue weighted by Crippen LogP contribution is 2.44. The minimum atomic E-state index is -1.00. The van der Waals surface area contributed by atoms with E-state index in [1.165, 1.54) is 36.5 Å². The Kier molecular flexibility index (Phi) is 4.66. The topological polar surface area (TPSA) is 106 Å². The largest absolute Gasteiger partial charge is 0.503 e. The maximum absolute atomic E-state index is 13.9. The van der Waals surface area contributed by atoms with Gasteiger partial charge >= 0.3 is 0 Å². The van der Waals surface area contributed by atoms with Crippen molar-refractivity contribution in [3.8, 4) is 11.5 Å². The van der Waals surface area contributed by atoms with Crippen LogP contribution in [0.3, 0.4) is 0 Å². The Labute approximate surface area is 188 Å². The minimum absolute atomic E-state index is 0.00203. The number of hydrogen-bond acceptors (Lipinski definition) is 7. The zero-order valence-corrected chi connectivity index (χ0v) is 18.0. The molecule has 1 atom stereocenters. The van der Waals surface area contributed by atoms with Crippen LogP contribution in [0.2, 0.25) is 0 Å². The van der Waals surface area contributed by atoms with E-state index in [9.17, 15) is 19.1 Å². The van der Waals surface area contributed by atoms with Crippen molar-refractivity contribution in [3.63, 3.8) is 0 Å². The number of carbonyl (C=O) groups is 1. The first-order chi connectivity index (χ1) is 15.4. The molecule has 1 aliphatic heterocycles. The van der Waals surface area contributed by atoms with Crippen molar-refractivity contribution >= 4 is 38.8 Å². The normalized spacial score (nSPS) is 15.3. The number of phenols is 1. The van der Waals surface area contributed by atoms with E-state index in [2.05, 4.69) is 25.9 Å². The van der Waals surface area contributed by atoms with E-state index in [-0.39, 0.29) is 44.2 Å². The molecule has 0 radical (unpaired) electrons. The number of aromatic nitrogens is 2. The first-order valence-corrected chi connectivity index (χ1v) is 10.1. The van der Waals surface area contributed by atoms with Gasteiger partial charge in [0.25, 0.3) is 5.91 Å². The van der Waals surface area contributed by atoms with Crippen molar-refractivity contribution in [2.45, 2.75) is 6.04 Å². The highest BCUT2D eigenvalue weighted by atomic mass is 79.9. The van der Waals surface area contributed by atoms with Gasteiger partial charge in [-0.05, 0) is 57.9 Å². The lowest BCUT2D eigenvalue weighted by atomic mass is 9.98. The average Bonchev–Trinajstić information content (AvgIpc) is 3.09. The first-order valence-electron chi connectivity index (χ1n) is 9.34. The lowest BCUT2D eigenvalue weighted by Gasteiger charge is -2.23. The molecule has 5 rings (SSSR count). The molecule has 1 amide bonds. The van der Waals surface area contributed by atoms with Gasteiger partial charge in [-0.25, -0.2) is 14.4 Å². The summed E-state index contributed by atoms with van der Waals surface area (Å²) in [6, 6.07) is 7.15. The van der Waals surface area contributed by atoms with Gasteiger partial charge in [0.1, 0.15) is 11.4 Å². The third-order valence-electron chi connectivity index (χ3n) is 5.19. The van der Waals surface area contributed by atoms with Crippen molar-refractivity contribution in [2.75, 3.05) is 12.0 Å². The van der Waals surface area contributed by atoms with Gasteiger partial charge in [-0.15, -0.1) is 0 Å². The van der Waals surface area contributed by atoms with Gasteiger partial charge in [0, 0.05) is 12.4 Å². The van der Waals surface area contributed by atoms with Gasteiger partial charge in [0.2, 0.25) is 11.7 Å². The number of hydrogen-bond donors (Lipinski definition) is 1. The lowest BCUT2D eigenvalue weighted by molar-refractivity contribution is 0.0969. The van der Waals surface area contributed by atoms with Crippen LogP contribution >= 0.6 is 15.9 Å². The van der Waals surface area contributed by atoms with Gasteiger partial charge in [-0.3, -0.25) is 14.5 Å². The third-order valence-corrected chi connectivity index (χ3v) is 5.79. The molecule has 160 valence electrons. The summed E-state index contributed by atoms with van der Waals surface area (Å²) in [6.07, 6.45) is 2.92. The second-order valence-electron chi connectivity index (χ2n) is 6.99. The molecule has 0 saturated carbocycles. The molecule has 3 heterocycles. The number of carbonyl (C=O) groups excluding carboxylic acids is 1. The highest BCUT2D eigenvalue weighted by molar-refractivity contribution is 9.10. The molecule has 0 bridgehead atoms. The Hall–Kier alpha value is -3.79. The molecule has 8 nitrogen and oxygen atoms in total. The van der Waals surface area contributed by atoms with Crippen molar-refractivity contribution in [2.24, 2.45) is 0 Å². The van der Waals surface area contributed by atoms with E-state index in [0.717, 1.165) is 12.1 Å². The van der Waals surface area contributed by atoms with E-state index in [0.29, 0.717) is 5.56 Å². The fourth-order valence-corrected chi connectivity index (χ4v) is 4.25. The molecule has 2 aromatic carbocycles. The smallest absolute Gasteiger partial charge is 0.297 e. The molecule has 4 aromatic rings. The molecule has 0 fully saturated rings. The number of amides is 1. The van der Waals surface area contributed by atoms with E-state index in [1.807, 2.05) is 0 Å². The fourth-order valence-electron chi connectivity index (χ4n) is 3.79. The SMILES string of the molecule is COc1cc(C2c3c(oc4ccc(F)cc4c3=O)C(=O)N2c2ncccn2)cc(Br)c1O. The Morgan fingerprint density at radius 2 is 1.94 bits per heavy atom. The summed E-state index contributed by atoms with van der Waals surface area (Å²) in [5.41, 5.74) is -0.0300. The molecule has 0 spiro atoms. The third kappa shape index (κ3) is 2.94. The summed E-state index contributed by atoms with van der Waals surface area (Å²) in [4.78, 5) is 36.4. The molecule has 1 N–H and O–H groups in total. The molecule has 32 heavy (non-hydrogen) atoms. The Bertz CT molecular complexity index is 1460. The van der Waals surface area contributed by atoms with Crippen LogP contribution < -0.4 is 15.1 Å². The van der Waals surface area contributed by atoms with Crippen LogP contribution in [0.4, 0.5) is 10.3 Å². The summed E-state index contributed by atoms with van der Waals surface area (Å²) in [7, 11) is 1.38. The molecule has 2 aromatic heterocycles. The summed E-state index contributed by atoms with van der Waals surface area (Å²) < 4.78 is 25.2. The first kappa shape index (κ1) is 20.1. The summed E-state index contributed by atoms with van der Waals surface area (Å²) in [5, 5.41) is 10.2. The molecule has 1 unspecified atom stereocenters. The quantitative estimate of drug-likeness (QED) is 0.456. The van der Waals surface area contributed by atoms with Crippen molar-refractivity contribution < 1.29 is 23.4 Å². The van der Waals surface area contributed by atoms with Crippen LogP contribution in [-0.4, -0.2) is 28.1 Å². The Morgan fingerprint density at radius 1 is 1.19 bits per heavy atom. The predicted octanol–water partition coefficient (Wildman–Crippen LogP) is 3.95. The molecular weight excluding hydrogens is 485 g/mol. The second kappa shape index (κ2) is 7.41. The number of rotatable bonds is 3. The molecule has 0 aliphatic carbocycles. The number of fused-ring (bicyclic) bond motifs is 2. The lowest BCUT2D eigenvalue weighted by Crippen LogP contribution is -2.31. The maximum Gasteiger partial charge on any atom is 0.297 e. The molecular formula is C22H13BrFN3O5. The molecule has 0 saturated heterocycles. The van der Waals surface area contributed by atoms with Crippen LogP contribution in [0.1, 0.15) is 27.7 Å². The van der Waals surface area contributed by atoms with E-state index >= 15 is 0 Å². The zero-order valence-electron chi connectivity index (χ0n) is 16.4. The van der Waals surface area contributed by atoms with Gasteiger partial charge in [0.15, 0.2) is 16.9 Å². The average molecular weight is 498 g/mol. The van der Waals surface area contributed by atoms with Crippen molar-refractivity contribution in [3.05, 3.63) is 86.2 Å². The van der Waals surface area contributed by atoms with Gasteiger partial charge in [-0.2, -0.15) is 0 Å². The van der Waals surface area contributed by atoms with Crippen LogP contribution in [0.15, 0.2) is 62.5 Å². The van der Waals surface area contributed by atoms with E-state index < -0.39 is 23.2 Å². The monoisotopic (exact) mass is 497 g/mol. The van der Waals surface area contributed by atoms with E-state index in [1.54, 1.807) is 12.1 Å². The van der Waals surface area contributed by atoms with Crippen molar-refractivity contribution in [1.82, 2.24) is 9.97 Å². The summed E-state index contributed by atoms with van der Waals surface area (Å²) in [5.74, 6) is -1.39. The Morgan fingerprint density at radius 3 is 2.66 bits per heavy atom. The Balaban J connectivity index is 1.85. The number of halogens is 2. The van der Waals surface area contributed by atoms with Gasteiger partial charge < -0.3 is 14.3 Å². The molecule has 1 aliphatic rings. The minimum Gasteiger partial charge on any atom is -0.503 e. The van der Waals surface area contributed by atoms with Crippen LogP contribution in [-0.2, 0) is 0 Å². The molecule has 10 heteroatoms. The standard InChI is InChI=1S/C22H13BrFN3O5/c1-31-15-8-10(7-13(23)19(15)29)17-16-18(28)12-9-11(24)3-4-14(12)32-20(16)21(30)27(17)22-25-5-2-6-26-22/h2-9,17,29H,1H3. The van der Waals surface area contributed by atoms with Crippen LogP contribution in [0, 0.1) is 5.82 Å². The van der Waals surface area contributed by atoms with Gasteiger partial charge in [0.05, 0.1) is 28.6 Å². The summed E-state index contributed by atoms with van der Waals surface area (Å²) >= 11 is 3.27. The van der Waals surface area contributed by atoms with E-state index in [4.69, 9.17) is 9.15 Å². The highest BCUT2D eigenvalue weighted by Gasteiger charge is 2.45. The zero-order chi connectivity index (χ0) is 22.6. The number of phenolic OH excluding ortho intramolecular Hbond substituents is 1. The van der Waals surface area contributed by atoms with Crippen LogP contribution in [0.5, 0.6) is 11.5 Å². The maximum atomic E-state index is 13.9. The van der Waals surface area contributed by atoms with Crippen LogP contribution in [0.25, 0.3) is 11.0 Å². The number of aromatic hydroxyl groups is 1. The second-order valence-corrected chi connectivity index (χ2v) is 7.85. The number of anilines is 1. The number of nitrogens with zero attached hydrogens (tertiary/aromatic N) is 3. The number of methoxy groups -OCH3 is 1. The fraction of sp³-hybridized carbons (Fsp3) is 0.0909. The van der Waals surface area contributed by atoms with Crippen molar-refractivity contribution in [1.29, 1.82) is 0 Å². The number of benzene rings is 2. The van der Waals surface area contributed by atoms with Gasteiger partial charge in [-0.1, -0.05) is 0 Å². The number of ether oxygens (including phenoxy) is 1.